The summed E-state index contributed by atoms with van der Waals surface area (Å²) in [4.78, 5) is 24.2. The van der Waals surface area contributed by atoms with Gasteiger partial charge in [0.1, 0.15) is 5.60 Å². The zero-order valence-corrected chi connectivity index (χ0v) is 12.8. The van der Waals surface area contributed by atoms with Gasteiger partial charge in [0.15, 0.2) is 6.04 Å². The molecule has 0 spiro atoms. The average Bonchev–Trinajstić information content (AvgIpc) is 2.34. The van der Waals surface area contributed by atoms with Gasteiger partial charge in [0, 0.05) is 5.92 Å². The summed E-state index contributed by atoms with van der Waals surface area (Å²) in [6, 6.07) is 8.34. The molecule has 0 bridgehead atoms. The van der Waals surface area contributed by atoms with Crippen molar-refractivity contribution in [1.82, 2.24) is 5.32 Å². The number of benzene rings is 1. The Hall–Kier alpha value is -1.84. The van der Waals surface area contributed by atoms with Crippen molar-refractivity contribution in [2.75, 3.05) is 0 Å². The molecule has 4 nitrogen and oxygen atoms in total. The van der Waals surface area contributed by atoms with Gasteiger partial charge >= 0.3 is 5.97 Å². The van der Waals surface area contributed by atoms with Gasteiger partial charge < -0.3 is 10.1 Å². The van der Waals surface area contributed by atoms with Crippen LogP contribution >= 0.6 is 0 Å². The summed E-state index contributed by atoms with van der Waals surface area (Å²) in [5.74, 6) is -0.814. The summed E-state index contributed by atoms with van der Waals surface area (Å²) in [7, 11) is 0. The molecule has 0 heterocycles. The molecule has 1 unspecified atom stereocenters. The van der Waals surface area contributed by atoms with Crippen LogP contribution in [0.1, 0.15) is 46.2 Å². The molecular weight excluding hydrogens is 254 g/mol. The highest BCUT2D eigenvalue weighted by atomic mass is 16.6. The van der Waals surface area contributed by atoms with Crippen molar-refractivity contribution in [2.45, 2.75) is 46.3 Å². The number of ether oxygens (including phenoxy) is 1. The van der Waals surface area contributed by atoms with E-state index in [1.807, 2.05) is 18.2 Å². The number of carbonyl (C=O) groups excluding carboxylic acids is 2. The van der Waals surface area contributed by atoms with Crippen molar-refractivity contribution < 1.29 is 14.3 Å². The summed E-state index contributed by atoms with van der Waals surface area (Å²) in [5.41, 5.74) is 0.128. The fourth-order valence-corrected chi connectivity index (χ4v) is 1.59. The van der Waals surface area contributed by atoms with Crippen molar-refractivity contribution >= 4 is 11.9 Å². The minimum absolute atomic E-state index is 0.176. The second kappa shape index (κ2) is 6.55. The van der Waals surface area contributed by atoms with E-state index >= 15 is 0 Å². The van der Waals surface area contributed by atoms with E-state index in [1.54, 1.807) is 46.8 Å². The smallest absolute Gasteiger partial charge is 0.333 e. The molecule has 0 saturated heterocycles. The maximum Gasteiger partial charge on any atom is 0.333 e. The Morgan fingerprint density at radius 3 is 2.10 bits per heavy atom. The first-order valence-electron chi connectivity index (χ1n) is 6.79. The summed E-state index contributed by atoms with van der Waals surface area (Å²) in [6.45, 7) is 8.98. The van der Waals surface area contributed by atoms with Gasteiger partial charge in [-0.05, 0) is 26.3 Å². The molecule has 0 radical (unpaired) electrons. The molecule has 1 atom stereocenters. The van der Waals surface area contributed by atoms with E-state index in [0.29, 0.717) is 0 Å². The maximum atomic E-state index is 12.3. The van der Waals surface area contributed by atoms with E-state index in [4.69, 9.17) is 4.74 Å². The third kappa shape index (κ3) is 5.03. The molecule has 1 N–H and O–H groups in total. The van der Waals surface area contributed by atoms with Crippen molar-refractivity contribution in [3.8, 4) is 0 Å². The molecule has 0 aliphatic rings. The van der Waals surface area contributed by atoms with Gasteiger partial charge in [-0.2, -0.15) is 0 Å². The minimum atomic E-state index is -0.773. The fourth-order valence-electron chi connectivity index (χ4n) is 1.59. The van der Waals surface area contributed by atoms with Crippen LogP contribution in [0.4, 0.5) is 0 Å². The summed E-state index contributed by atoms with van der Waals surface area (Å²) in [6.07, 6.45) is 0. The summed E-state index contributed by atoms with van der Waals surface area (Å²) >= 11 is 0. The van der Waals surface area contributed by atoms with E-state index in [0.717, 1.165) is 5.56 Å². The molecule has 1 amide bonds. The van der Waals surface area contributed by atoms with Crippen molar-refractivity contribution in [3.05, 3.63) is 35.9 Å². The van der Waals surface area contributed by atoms with E-state index in [9.17, 15) is 9.59 Å². The number of nitrogens with one attached hydrogen (secondary N) is 1. The van der Waals surface area contributed by atoms with E-state index in [-0.39, 0.29) is 11.8 Å². The third-order valence-electron chi connectivity index (χ3n) is 2.59. The number of carbonyl (C=O) groups is 2. The highest BCUT2D eigenvalue weighted by molar-refractivity contribution is 5.86. The Bertz CT molecular complexity index is 460. The van der Waals surface area contributed by atoms with E-state index in [2.05, 4.69) is 5.32 Å². The van der Waals surface area contributed by atoms with Crippen LogP contribution in [0.15, 0.2) is 30.3 Å². The van der Waals surface area contributed by atoms with Crippen LogP contribution in [0, 0.1) is 5.92 Å². The van der Waals surface area contributed by atoms with E-state index < -0.39 is 17.6 Å². The predicted octanol–water partition coefficient (Wildman–Crippen LogP) is 2.84. The van der Waals surface area contributed by atoms with Gasteiger partial charge in [0.25, 0.3) is 0 Å². The Morgan fingerprint density at radius 2 is 1.65 bits per heavy atom. The molecule has 1 aromatic rings. The summed E-state index contributed by atoms with van der Waals surface area (Å²) in [5, 5.41) is 2.74. The lowest BCUT2D eigenvalue weighted by Crippen LogP contribution is -2.39. The second-order valence-electron chi connectivity index (χ2n) is 6.04. The van der Waals surface area contributed by atoms with Crippen LogP contribution in [0.2, 0.25) is 0 Å². The van der Waals surface area contributed by atoms with Gasteiger partial charge in [-0.15, -0.1) is 0 Å². The third-order valence-corrected chi connectivity index (χ3v) is 2.59. The number of hydrogen-bond acceptors (Lipinski definition) is 3. The van der Waals surface area contributed by atoms with Gasteiger partial charge in [0.2, 0.25) is 5.91 Å². The molecule has 110 valence electrons. The zero-order valence-electron chi connectivity index (χ0n) is 12.8. The van der Waals surface area contributed by atoms with Crippen molar-refractivity contribution in [3.63, 3.8) is 0 Å². The molecule has 1 aromatic carbocycles. The lowest BCUT2D eigenvalue weighted by molar-refractivity contribution is -0.159. The van der Waals surface area contributed by atoms with Gasteiger partial charge in [-0.1, -0.05) is 44.2 Å². The van der Waals surface area contributed by atoms with E-state index in [1.165, 1.54) is 0 Å². The Labute approximate surface area is 120 Å². The highest BCUT2D eigenvalue weighted by Gasteiger charge is 2.28. The van der Waals surface area contributed by atoms with Gasteiger partial charge in [-0.25, -0.2) is 4.79 Å². The molecule has 0 aliphatic carbocycles. The first kappa shape index (κ1) is 16.2. The van der Waals surface area contributed by atoms with Crippen LogP contribution in [0.5, 0.6) is 0 Å². The molecule has 20 heavy (non-hydrogen) atoms. The number of esters is 1. The van der Waals surface area contributed by atoms with Crippen LogP contribution in [-0.4, -0.2) is 17.5 Å². The molecule has 1 rings (SSSR count). The Morgan fingerprint density at radius 1 is 1.10 bits per heavy atom. The number of rotatable bonds is 4. The molecule has 0 aliphatic heterocycles. The molecule has 0 saturated carbocycles. The Balaban J connectivity index is 2.96. The van der Waals surface area contributed by atoms with Crippen molar-refractivity contribution in [2.24, 2.45) is 5.92 Å². The normalized spacial score (nSPS) is 12.9. The van der Waals surface area contributed by atoms with Crippen LogP contribution in [-0.2, 0) is 14.3 Å². The molecular formula is C16H23NO3. The maximum absolute atomic E-state index is 12.3. The minimum Gasteiger partial charge on any atom is -0.458 e. The monoisotopic (exact) mass is 277 g/mol. The number of hydrogen-bond donors (Lipinski definition) is 1. The lowest BCUT2D eigenvalue weighted by atomic mass is 10.1. The Kier molecular flexibility index (Phi) is 5.31. The van der Waals surface area contributed by atoms with Crippen LogP contribution < -0.4 is 5.32 Å². The SMILES string of the molecule is CC(C)C(=O)NC(C(=O)OC(C)(C)C)c1ccccc1. The van der Waals surface area contributed by atoms with Gasteiger partial charge in [0.05, 0.1) is 0 Å². The predicted molar refractivity (Wildman–Crippen MR) is 78.0 cm³/mol. The standard InChI is InChI=1S/C16H23NO3/c1-11(2)14(18)17-13(12-9-7-6-8-10-12)15(19)20-16(3,4)5/h6-11,13H,1-5H3,(H,17,18). The zero-order chi connectivity index (χ0) is 15.3. The van der Waals surface area contributed by atoms with Crippen molar-refractivity contribution in [1.29, 1.82) is 0 Å². The first-order valence-corrected chi connectivity index (χ1v) is 6.79. The van der Waals surface area contributed by atoms with Gasteiger partial charge in [-0.3, -0.25) is 4.79 Å². The summed E-state index contributed by atoms with van der Waals surface area (Å²) < 4.78 is 5.38. The first-order chi connectivity index (χ1) is 9.20. The largest absolute Gasteiger partial charge is 0.458 e. The molecule has 4 heteroatoms. The molecule has 0 aromatic heterocycles. The average molecular weight is 277 g/mol. The fraction of sp³-hybridized carbons (Fsp3) is 0.500. The molecule has 0 fully saturated rings. The lowest BCUT2D eigenvalue weighted by Gasteiger charge is -2.25. The quantitative estimate of drug-likeness (QED) is 0.861. The van der Waals surface area contributed by atoms with Crippen LogP contribution in [0.25, 0.3) is 0 Å². The highest BCUT2D eigenvalue weighted by Crippen LogP contribution is 2.19. The second-order valence-corrected chi connectivity index (χ2v) is 6.04. The van der Waals surface area contributed by atoms with Crippen LogP contribution in [0.3, 0.4) is 0 Å². The number of amides is 1. The topological polar surface area (TPSA) is 55.4 Å².